The van der Waals surface area contributed by atoms with Crippen LogP contribution in [0.4, 0.5) is 0 Å². The van der Waals surface area contributed by atoms with Crippen LogP contribution in [0, 0.1) is 13.8 Å². The lowest BCUT2D eigenvalue weighted by molar-refractivity contribution is 0.915. The molecule has 0 fully saturated rings. The Bertz CT molecular complexity index is 497. The minimum Gasteiger partial charge on any atom is -0.216 e. The minimum absolute atomic E-state index is 0.445. The molecule has 1 aromatic heterocycles. The van der Waals surface area contributed by atoms with Crippen molar-refractivity contribution in [2.24, 2.45) is 0 Å². The molecule has 1 aromatic carbocycles. The fraction of sp³-hybridized carbons (Fsp3) is 0.182. The van der Waals surface area contributed by atoms with Gasteiger partial charge in [0.25, 0.3) is 0 Å². The zero-order valence-electron chi connectivity index (χ0n) is 8.60. The maximum absolute atomic E-state index is 4.19. The van der Waals surface area contributed by atoms with Gasteiger partial charge in [-0.15, -0.1) is 12.6 Å². The summed E-state index contributed by atoms with van der Waals surface area (Å²) in [4.78, 5) is 12.2. The smallest absolute Gasteiger partial charge is 0.187 e. The summed E-state index contributed by atoms with van der Waals surface area (Å²) in [5.41, 5.74) is 3.38. The zero-order chi connectivity index (χ0) is 10.8. The Labute approximate surface area is 94.0 Å². The molecule has 0 radical (unpaired) electrons. The van der Waals surface area contributed by atoms with E-state index in [0.29, 0.717) is 11.0 Å². The Morgan fingerprint density at radius 3 is 2.67 bits per heavy atom. The molecule has 0 bridgehead atoms. The monoisotopic (exact) mass is 217 g/mol. The van der Waals surface area contributed by atoms with Gasteiger partial charge in [0.1, 0.15) is 6.33 Å². The molecule has 15 heavy (non-hydrogen) atoms. The van der Waals surface area contributed by atoms with E-state index in [4.69, 9.17) is 0 Å². The molecule has 1 heterocycles. The molecule has 3 nitrogen and oxygen atoms in total. The van der Waals surface area contributed by atoms with Gasteiger partial charge in [-0.2, -0.15) is 0 Å². The van der Waals surface area contributed by atoms with Crippen molar-refractivity contribution < 1.29 is 0 Å². The summed E-state index contributed by atoms with van der Waals surface area (Å²) in [6.45, 7) is 4.09. The second-order valence-electron chi connectivity index (χ2n) is 3.43. The van der Waals surface area contributed by atoms with Crippen molar-refractivity contribution in [3.63, 3.8) is 0 Å². The van der Waals surface area contributed by atoms with Crippen molar-refractivity contribution >= 4 is 12.6 Å². The van der Waals surface area contributed by atoms with Gasteiger partial charge in [0.2, 0.25) is 0 Å². The fourth-order valence-electron chi connectivity index (χ4n) is 1.39. The van der Waals surface area contributed by atoms with Gasteiger partial charge in [0.05, 0.1) is 0 Å². The molecule has 0 atom stereocenters. The highest BCUT2D eigenvalue weighted by Crippen LogP contribution is 2.20. The Hall–Kier alpha value is -1.42. The van der Waals surface area contributed by atoms with Crippen LogP contribution in [0.3, 0.4) is 0 Å². The van der Waals surface area contributed by atoms with E-state index in [1.54, 1.807) is 0 Å². The van der Waals surface area contributed by atoms with E-state index in [9.17, 15) is 0 Å². The van der Waals surface area contributed by atoms with Crippen LogP contribution in [0.15, 0.2) is 29.7 Å². The summed E-state index contributed by atoms with van der Waals surface area (Å²) in [6.07, 6.45) is 1.48. The summed E-state index contributed by atoms with van der Waals surface area (Å²) in [6, 6.07) is 6.20. The summed E-state index contributed by atoms with van der Waals surface area (Å²) in [5.74, 6) is 0.677. The third-order valence-corrected chi connectivity index (χ3v) is 2.41. The lowest BCUT2D eigenvalue weighted by Gasteiger charge is -2.05. The molecule has 4 heteroatoms. The molecule has 0 spiro atoms. The predicted molar refractivity (Wildman–Crippen MR) is 62.0 cm³/mol. The van der Waals surface area contributed by atoms with Crippen molar-refractivity contribution in [3.8, 4) is 11.4 Å². The third kappa shape index (κ3) is 2.15. The van der Waals surface area contributed by atoms with E-state index in [1.165, 1.54) is 11.9 Å². The van der Waals surface area contributed by atoms with E-state index in [0.717, 1.165) is 11.1 Å². The molecule has 2 aromatic rings. The summed E-state index contributed by atoms with van der Waals surface area (Å²) in [7, 11) is 0. The van der Waals surface area contributed by atoms with Gasteiger partial charge in [-0.1, -0.05) is 17.7 Å². The highest BCUT2D eigenvalue weighted by Gasteiger charge is 2.05. The molecule has 2 rings (SSSR count). The highest BCUT2D eigenvalue weighted by molar-refractivity contribution is 7.80. The quantitative estimate of drug-likeness (QED) is 0.746. The summed E-state index contributed by atoms with van der Waals surface area (Å²) in [5, 5.41) is 0.445. The molecule has 0 saturated heterocycles. The van der Waals surface area contributed by atoms with Crippen LogP contribution in [-0.4, -0.2) is 15.0 Å². The molecule has 0 aliphatic carbocycles. The second-order valence-corrected chi connectivity index (χ2v) is 3.83. The first-order chi connectivity index (χ1) is 7.16. The standard InChI is InChI=1S/C11H11N3S/c1-7-3-4-8(2)9(5-7)10-12-6-13-11(15)14-10/h3-6H,1-2H3,(H,12,13,14,15). The van der Waals surface area contributed by atoms with Gasteiger partial charge in [0.15, 0.2) is 11.0 Å². The minimum atomic E-state index is 0.445. The summed E-state index contributed by atoms with van der Waals surface area (Å²) >= 11 is 4.10. The van der Waals surface area contributed by atoms with Crippen molar-refractivity contribution in [1.29, 1.82) is 0 Å². The van der Waals surface area contributed by atoms with Crippen molar-refractivity contribution in [3.05, 3.63) is 35.7 Å². The van der Waals surface area contributed by atoms with Gasteiger partial charge < -0.3 is 0 Å². The number of rotatable bonds is 1. The molecule has 0 N–H and O–H groups in total. The number of benzene rings is 1. The van der Waals surface area contributed by atoms with Crippen LogP contribution in [-0.2, 0) is 0 Å². The van der Waals surface area contributed by atoms with Gasteiger partial charge in [-0.25, -0.2) is 15.0 Å². The molecule has 0 aliphatic heterocycles. The van der Waals surface area contributed by atoms with E-state index < -0.39 is 0 Å². The lowest BCUT2D eigenvalue weighted by atomic mass is 10.1. The van der Waals surface area contributed by atoms with Crippen LogP contribution in [0.1, 0.15) is 11.1 Å². The van der Waals surface area contributed by atoms with Crippen molar-refractivity contribution in [2.45, 2.75) is 19.0 Å². The average Bonchev–Trinajstić information content (AvgIpc) is 2.22. The molecular formula is C11H11N3S. The van der Waals surface area contributed by atoms with E-state index in [2.05, 4.69) is 45.8 Å². The van der Waals surface area contributed by atoms with E-state index in [-0.39, 0.29) is 0 Å². The number of thiol groups is 1. The fourth-order valence-corrected chi connectivity index (χ4v) is 1.54. The molecule has 0 amide bonds. The van der Waals surface area contributed by atoms with Gasteiger partial charge >= 0.3 is 0 Å². The Morgan fingerprint density at radius 2 is 1.93 bits per heavy atom. The number of aromatic nitrogens is 3. The first-order valence-electron chi connectivity index (χ1n) is 4.62. The molecule has 0 aliphatic rings. The van der Waals surface area contributed by atoms with Gasteiger partial charge in [0, 0.05) is 5.56 Å². The van der Waals surface area contributed by atoms with Gasteiger partial charge in [-0.3, -0.25) is 0 Å². The van der Waals surface area contributed by atoms with Crippen LogP contribution in [0.5, 0.6) is 0 Å². The maximum Gasteiger partial charge on any atom is 0.187 e. The molecule has 0 saturated carbocycles. The summed E-state index contributed by atoms with van der Waals surface area (Å²) < 4.78 is 0. The molecular weight excluding hydrogens is 206 g/mol. The Kier molecular flexibility index (Phi) is 2.68. The predicted octanol–water partition coefficient (Wildman–Crippen LogP) is 2.44. The van der Waals surface area contributed by atoms with Crippen LogP contribution in [0.2, 0.25) is 0 Å². The normalized spacial score (nSPS) is 10.3. The largest absolute Gasteiger partial charge is 0.216 e. The number of nitrogens with zero attached hydrogens (tertiary/aromatic N) is 3. The Balaban J connectivity index is 2.58. The van der Waals surface area contributed by atoms with Crippen LogP contribution < -0.4 is 0 Å². The topological polar surface area (TPSA) is 38.7 Å². The molecule has 76 valence electrons. The maximum atomic E-state index is 4.19. The van der Waals surface area contributed by atoms with E-state index in [1.807, 2.05) is 13.8 Å². The SMILES string of the molecule is Cc1ccc(C)c(-c2ncnc(S)n2)c1. The first-order valence-corrected chi connectivity index (χ1v) is 5.07. The number of hydrogen-bond acceptors (Lipinski definition) is 4. The average molecular weight is 217 g/mol. The Morgan fingerprint density at radius 1 is 1.13 bits per heavy atom. The first kappa shape index (κ1) is 10.1. The van der Waals surface area contributed by atoms with Crippen molar-refractivity contribution in [1.82, 2.24) is 15.0 Å². The van der Waals surface area contributed by atoms with Gasteiger partial charge in [-0.05, 0) is 25.5 Å². The lowest BCUT2D eigenvalue weighted by Crippen LogP contribution is -1.94. The zero-order valence-corrected chi connectivity index (χ0v) is 9.49. The number of aryl methyl sites for hydroxylation is 2. The highest BCUT2D eigenvalue weighted by atomic mass is 32.1. The molecule has 0 unspecified atom stereocenters. The second kappa shape index (κ2) is 3.98. The number of hydrogen-bond donors (Lipinski definition) is 1. The van der Waals surface area contributed by atoms with Crippen molar-refractivity contribution in [2.75, 3.05) is 0 Å². The van der Waals surface area contributed by atoms with Crippen LogP contribution >= 0.6 is 12.6 Å². The van der Waals surface area contributed by atoms with Crippen LogP contribution in [0.25, 0.3) is 11.4 Å². The third-order valence-electron chi connectivity index (χ3n) is 2.19. The van der Waals surface area contributed by atoms with E-state index >= 15 is 0 Å².